The van der Waals surface area contributed by atoms with Crippen LogP contribution in [0.15, 0.2) is 18.2 Å². The minimum atomic E-state index is -0.552. The number of carbonyl (C=O) groups is 1. The van der Waals surface area contributed by atoms with Crippen LogP contribution in [0.4, 0.5) is 10.1 Å². The molecule has 1 saturated heterocycles. The molecule has 0 bridgehead atoms. The molecule has 104 valence electrons. The highest BCUT2D eigenvalue weighted by Crippen LogP contribution is 2.18. The monoisotopic (exact) mass is 266 g/mol. The van der Waals surface area contributed by atoms with E-state index in [2.05, 4.69) is 0 Å². The molecule has 0 radical (unpaired) electrons. The molecule has 1 aromatic rings. The predicted octanol–water partition coefficient (Wildman–Crippen LogP) is 2.05. The first-order valence-corrected chi connectivity index (χ1v) is 6.57. The van der Waals surface area contributed by atoms with Crippen molar-refractivity contribution in [2.24, 2.45) is 0 Å². The minimum absolute atomic E-state index is 0.0578. The first-order valence-electron chi connectivity index (χ1n) is 6.57. The predicted molar refractivity (Wildman–Crippen MR) is 71.4 cm³/mol. The number of ether oxygens (including phenoxy) is 1. The van der Waals surface area contributed by atoms with Crippen molar-refractivity contribution in [3.8, 4) is 0 Å². The molecule has 0 aromatic heterocycles. The SMILES string of the molecule is CCOC1CCCN(C(=O)c2ccc(N)c(F)c2)C1. The zero-order chi connectivity index (χ0) is 13.8. The van der Waals surface area contributed by atoms with Crippen LogP contribution in [0, 0.1) is 5.82 Å². The number of carbonyl (C=O) groups excluding carboxylic acids is 1. The Morgan fingerprint density at radius 2 is 2.37 bits per heavy atom. The van der Waals surface area contributed by atoms with E-state index in [1.54, 1.807) is 11.0 Å². The molecule has 1 amide bonds. The van der Waals surface area contributed by atoms with Crippen molar-refractivity contribution < 1.29 is 13.9 Å². The van der Waals surface area contributed by atoms with Crippen LogP contribution in [-0.2, 0) is 4.74 Å². The Bertz CT molecular complexity index is 463. The van der Waals surface area contributed by atoms with Gasteiger partial charge in [-0.1, -0.05) is 0 Å². The molecule has 0 aliphatic carbocycles. The fourth-order valence-electron chi connectivity index (χ4n) is 2.34. The lowest BCUT2D eigenvalue weighted by Crippen LogP contribution is -2.43. The van der Waals surface area contributed by atoms with Crippen LogP contribution in [0.3, 0.4) is 0 Å². The average molecular weight is 266 g/mol. The lowest BCUT2D eigenvalue weighted by atomic mass is 10.1. The van der Waals surface area contributed by atoms with Crippen molar-refractivity contribution in [2.45, 2.75) is 25.9 Å². The van der Waals surface area contributed by atoms with E-state index in [1.807, 2.05) is 6.92 Å². The normalized spacial score (nSPS) is 19.5. The van der Waals surface area contributed by atoms with Crippen LogP contribution >= 0.6 is 0 Å². The number of hydrogen-bond acceptors (Lipinski definition) is 3. The van der Waals surface area contributed by atoms with E-state index in [0.717, 1.165) is 12.8 Å². The second-order valence-corrected chi connectivity index (χ2v) is 4.71. The Balaban J connectivity index is 2.08. The minimum Gasteiger partial charge on any atom is -0.396 e. The van der Waals surface area contributed by atoms with Crippen molar-refractivity contribution in [3.63, 3.8) is 0 Å². The number of likely N-dealkylation sites (tertiary alicyclic amines) is 1. The first kappa shape index (κ1) is 13.8. The molecule has 19 heavy (non-hydrogen) atoms. The van der Waals surface area contributed by atoms with Crippen LogP contribution in [-0.4, -0.2) is 36.6 Å². The maximum absolute atomic E-state index is 13.4. The number of hydrogen-bond donors (Lipinski definition) is 1. The molecular formula is C14H19FN2O2. The molecule has 1 aliphatic rings. The number of halogens is 1. The van der Waals surface area contributed by atoms with Crippen molar-refractivity contribution >= 4 is 11.6 Å². The summed E-state index contributed by atoms with van der Waals surface area (Å²) in [7, 11) is 0. The fraction of sp³-hybridized carbons (Fsp3) is 0.500. The molecule has 1 heterocycles. The molecule has 1 atom stereocenters. The molecular weight excluding hydrogens is 247 g/mol. The van der Waals surface area contributed by atoms with Gasteiger partial charge in [0, 0.05) is 25.3 Å². The third kappa shape index (κ3) is 3.23. The van der Waals surface area contributed by atoms with E-state index in [0.29, 0.717) is 25.3 Å². The van der Waals surface area contributed by atoms with Gasteiger partial charge in [-0.2, -0.15) is 0 Å². The molecule has 1 aliphatic heterocycles. The summed E-state index contributed by atoms with van der Waals surface area (Å²) >= 11 is 0. The van der Waals surface area contributed by atoms with Crippen molar-refractivity contribution in [2.75, 3.05) is 25.4 Å². The number of nitrogens with two attached hydrogens (primary N) is 1. The van der Waals surface area contributed by atoms with Crippen LogP contribution in [0.2, 0.25) is 0 Å². The fourth-order valence-corrected chi connectivity index (χ4v) is 2.34. The Kier molecular flexibility index (Phi) is 4.37. The molecule has 4 nitrogen and oxygen atoms in total. The number of amides is 1. The molecule has 0 saturated carbocycles. The summed E-state index contributed by atoms with van der Waals surface area (Å²) in [6.45, 7) is 3.84. The summed E-state index contributed by atoms with van der Waals surface area (Å²) in [5, 5.41) is 0. The van der Waals surface area contributed by atoms with Gasteiger partial charge in [0.05, 0.1) is 11.8 Å². The maximum Gasteiger partial charge on any atom is 0.254 e. The maximum atomic E-state index is 13.4. The van der Waals surface area contributed by atoms with Gasteiger partial charge in [0.15, 0.2) is 0 Å². The summed E-state index contributed by atoms with van der Waals surface area (Å²) in [6, 6.07) is 4.18. The summed E-state index contributed by atoms with van der Waals surface area (Å²) in [5.41, 5.74) is 5.80. The van der Waals surface area contributed by atoms with E-state index >= 15 is 0 Å². The highest BCUT2D eigenvalue weighted by atomic mass is 19.1. The van der Waals surface area contributed by atoms with E-state index < -0.39 is 5.82 Å². The number of anilines is 1. The summed E-state index contributed by atoms with van der Waals surface area (Å²) < 4.78 is 18.9. The largest absolute Gasteiger partial charge is 0.396 e. The van der Waals surface area contributed by atoms with Gasteiger partial charge in [0.2, 0.25) is 0 Å². The number of rotatable bonds is 3. The van der Waals surface area contributed by atoms with Crippen molar-refractivity contribution in [3.05, 3.63) is 29.6 Å². The standard InChI is InChI=1S/C14H19FN2O2/c1-2-19-11-4-3-7-17(9-11)14(18)10-5-6-13(16)12(15)8-10/h5-6,8,11H,2-4,7,9,16H2,1H3. The van der Waals surface area contributed by atoms with Gasteiger partial charge in [-0.25, -0.2) is 4.39 Å². The second-order valence-electron chi connectivity index (χ2n) is 4.71. The quantitative estimate of drug-likeness (QED) is 0.852. The molecule has 2 N–H and O–H groups in total. The molecule has 1 fully saturated rings. The van der Waals surface area contributed by atoms with E-state index in [-0.39, 0.29) is 17.7 Å². The number of piperidine rings is 1. The summed E-state index contributed by atoms with van der Waals surface area (Å²) in [6.07, 6.45) is 1.96. The third-order valence-corrected chi connectivity index (χ3v) is 3.32. The van der Waals surface area contributed by atoms with Gasteiger partial charge in [0.25, 0.3) is 5.91 Å². The number of nitrogens with zero attached hydrogens (tertiary/aromatic N) is 1. The van der Waals surface area contributed by atoms with E-state index in [9.17, 15) is 9.18 Å². The number of benzene rings is 1. The van der Waals surface area contributed by atoms with Crippen LogP contribution in [0.25, 0.3) is 0 Å². The van der Waals surface area contributed by atoms with Crippen LogP contribution < -0.4 is 5.73 Å². The zero-order valence-corrected chi connectivity index (χ0v) is 11.1. The highest BCUT2D eigenvalue weighted by molar-refractivity contribution is 5.94. The molecule has 2 rings (SSSR count). The molecule has 1 unspecified atom stereocenters. The molecule has 1 aromatic carbocycles. The van der Waals surface area contributed by atoms with Crippen LogP contribution in [0.1, 0.15) is 30.1 Å². The zero-order valence-electron chi connectivity index (χ0n) is 11.1. The lowest BCUT2D eigenvalue weighted by molar-refractivity contribution is 0.00723. The van der Waals surface area contributed by atoms with Gasteiger partial charge < -0.3 is 15.4 Å². The third-order valence-electron chi connectivity index (χ3n) is 3.32. The van der Waals surface area contributed by atoms with Crippen LogP contribution in [0.5, 0.6) is 0 Å². The topological polar surface area (TPSA) is 55.6 Å². The smallest absolute Gasteiger partial charge is 0.254 e. The second kappa shape index (κ2) is 6.02. The van der Waals surface area contributed by atoms with Gasteiger partial charge in [-0.15, -0.1) is 0 Å². The van der Waals surface area contributed by atoms with E-state index in [4.69, 9.17) is 10.5 Å². The Morgan fingerprint density at radius 3 is 3.05 bits per heavy atom. The summed E-state index contributed by atoms with van der Waals surface area (Å²) in [4.78, 5) is 14.0. The Labute approximate surface area is 112 Å². The average Bonchev–Trinajstić information content (AvgIpc) is 2.42. The lowest BCUT2D eigenvalue weighted by Gasteiger charge is -2.32. The van der Waals surface area contributed by atoms with Gasteiger partial charge >= 0.3 is 0 Å². The van der Waals surface area contributed by atoms with Gasteiger partial charge in [0.1, 0.15) is 5.82 Å². The van der Waals surface area contributed by atoms with Gasteiger partial charge in [-0.05, 0) is 38.0 Å². The molecule has 0 spiro atoms. The summed E-state index contributed by atoms with van der Waals surface area (Å²) in [5.74, 6) is -0.715. The van der Waals surface area contributed by atoms with E-state index in [1.165, 1.54) is 12.1 Å². The Morgan fingerprint density at radius 1 is 1.58 bits per heavy atom. The highest BCUT2D eigenvalue weighted by Gasteiger charge is 2.25. The Hall–Kier alpha value is -1.62. The van der Waals surface area contributed by atoms with Crippen molar-refractivity contribution in [1.82, 2.24) is 4.90 Å². The number of nitrogen functional groups attached to an aromatic ring is 1. The first-order chi connectivity index (χ1) is 9.11. The van der Waals surface area contributed by atoms with Gasteiger partial charge in [-0.3, -0.25) is 4.79 Å². The van der Waals surface area contributed by atoms with Crippen molar-refractivity contribution in [1.29, 1.82) is 0 Å². The molecule has 5 heteroatoms.